The highest BCUT2D eigenvalue weighted by Crippen LogP contribution is 2.57. The van der Waals surface area contributed by atoms with Crippen LogP contribution < -0.4 is 9.64 Å². The first-order valence-corrected chi connectivity index (χ1v) is 13.8. The van der Waals surface area contributed by atoms with Gasteiger partial charge in [-0.05, 0) is 64.9 Å². The number of amides is 2. The Morgan fingerprint density at radius 3 is 2.46 bits per heavy atom. The number of hydrogen-bond acceptors (Lipinski definition) is 6. The SMILES string of the molecule is CCc1ccc(N2C(=O)C3CC=C4C(c5cccc(OC)c5O)C5=C(CC4C3C2=O)C(=O)C(Br)=CC5=O)cc1. The van der Waals surface area contributed by atoms with Gasteiger partial charge in [0.1, 0.15) is 0 Å². The number of imide groups is 1. The summed E-state index contributed by atoms with van der Waals surface area (Å²) in [6.45, 7) is 2.04. The Balaban J connectivity index is 1.49. The van der Waals surface area contributed by atoms with Gasteiger partial charge in [-0.15, -0.1) is 0 Å². The van der Waals surface area contributed by atoms with Crippen LogP contribution in [0.5, 0.6) is 11.5 Å². The van der Waals surface area contributed by atoms with Crippen molar-refractivity contribution < 1.29 is 29.0 Å². The monoisotopic (exact) mass is 587 g/mol. The van der Waals surface area contributed by atoms with E-state index in [2.05, 4.69) is 15.9 Å². The average molecular weight is 588 g/mol. The van der Waals surface area contributed by atoms with Crippen LogP contribution in [0.25, 0.3) is 0 Å². The van der Waals surface area contributed by atoms with E-state index >= 15 is 0 Å². The minimum absolute atomic E-state index is 0.124. The molecule has 1 N–H and O–H groups in total. The second-order valence-corrected chi connectivity index (χ2v) is 11.2. The van der Waals surface area contributed by atoms with E-state index in [0.29, 0.717) is 28.8 Å². The standard InChI is InChI=1S/C31H26BrNO6/c1-3-15-7-9-16(10-8-15)33-30(37)19-12-11-17-20(26(19)31(33)38)13-21-27(23(34)14-22(32)28(21)35)25(17)18-5-4-6-24(39-2)29(18)36/h4-11,14,19-20,25-26,36H,3,12-13H2,1-2H3. The normalized spacial score (nSPS) is 26.2. The van der Waals surface area contributed by atoms with Crippen molar-refractivity contribution in [2.24, 2.45) is 17.8 Å². The maximum atomic E-state index is 14.0. The third-order valence-electron chi connectivity index (χ3n) is 8.50. The van der Waals surface area contributed by atoms with Crippen molar-refractivity contribution in [2.45, 2.75) is 32.1 Å². The molecule has 1 saturated heterocycles. The third-order valence-corrected chi connectivity index (χ3v) is 9.08. The van der Waals surface area contributed by atoms with Crippen LogP contribution >= 0.6 is 15.9 Å². The van der Waals surface area contributed by atoms with Crippen LogP contribution in [0.1, 0.15) is 36.8 Å². The Morgan fingerprint density at radius 1 is 1.03 bits per heavy atom. The van der Waals surface area contributed by atoms with Crippen LogP contribution in [0.15, 0.2) is 75.8 Å². The van der Waals surface area contributed by atoms with E-state index in [1.807, 2.05) is 25.1 Å². The van der Waals surface area contributed by atoms with Gasteiger partial charge in [0.2, 0.25) is 11.8 Å². The highest BCUT2D eigenvalue weighted by atomic mass is 79.9. The Hall–Kier alpha value is -3.78. The van der Waals surface area contributed by atoms with Gasteiger partial charge in [0.15, 0.2) is 23.1 Å². The summed E-state index contributed by atoms with van der Waals surface area (Å²) in [5, 5.41) is 11.1. The number of phenols is 1. The number of para-hydroxylation sites is 1. The number of carbonyl (C=O) groups is 4. The predicted octanol–water partition coefficient (Wildman–Crippen LogP) is 4.93. The molecule has 198 valence electrons. The lowest BCUT2D eigenvalue weighted by atomic mass is 9.59. The molecule has 6 rings (SSSR count). The Kier molecular flexibility index (Phi) is 6.18. The van der Waals surface area contributed by atoms with E-state index in [0.717, 1.165) is 17.6 Å². The summed E-state index contributed by atoms with van der Waals surface area (Å²) in [6.07, 6.45) is 4.54. The molecule has 4 aliphatic rings. The summed E-state index contributed by atoms with van der Waals surface area (Å²) in [4.78, 5) is 55.5. The molecule has 7 nitrogen and oxygen atoms in total. The van der Waals surface area contributed by atoms with Crippen molar-refractivity contribution >= 4 is 45.0 Å². The molecular formula is C31H26BrNO6. The van der Waals surface area contributed by atoms with E-state index in [4.69, 9.17) is 4.74 Å². The number of methoxy groups -OCH3 is 1. The number of nitrogens with zero attached hydrogens (tertiary/aromatic N) is 1. The van der Waals surface area contributed by atoms with E-state index in [9.17, 15) is 24.3 Å². The van der Waals surface area contributed by atoms with Gasteiger partial charge in [-0.25, -0.2) is 0 Å². The zero-order valence-corrected chi connectivity index (χ0v) is 23.0. The van der Waals surface area contributed by atoms with Crippen LogP contribution in [-0.4, -0.2) is 35.6 Å². The molecule has 0 bridgehead atoms. The fourth-order valence-corrected chi connectivity index (χ4v) is 7.08. The number of anilines is 1. The zero-order chi connectivity index (χ0) is 27.6. The largest absolute Gasteiger partial charge is 0.504 e. The number of fused-ring (bicyclic) bond motifs is 3. The fraction of sp³-hybridized carbons (Fsp3) is 0.290. The number of ketones is 2. The minimum Gasteiger partial charge on any atom is -0.504 e. The lowest BCUT2D eigenvalue weighted by molar-refractivity contribution is -0.123. The molecule has 1 aliphatic heterocycles. The van der Waals surface area contributed by atoms with Gasteiger partial charge in [0, 0.05) is 28.7 Å². The summed E-state index contributed by atoms with van der Waals surface area (Å²) in [7, 11) is 1.44. The molecule has 0 spiro atoms. The second-order valence-electron chi connectivity index (χ2n) is 10.3. The quantitative estimate of drug-likeness (QED) is 0.309. The maximum Gasteiger partial charge on any atom is 0.238 e. The van der Waals surface area contributed by atoms with Crippen LogP contribution in [0, 0.1) is 17.8 Å². The van der Waals surface area contributed by atoms with Crippen molar-refractivity contribution in [1.29, 1.82) is 0 Å². The van der Waals surface area contributed by atoms with Crippen molar-refractivity contribution in [3.8, 4) is 11.5 Å². The maximum absolute atomic E-state index is 14.0. The number of phenolic OH excluding ortho intramolecular Hbond substituents is 1. The fourth-order valence-electron chi connectivity index (χ4n) is 6.63. The highest BCUT2D eigenvalue weighted by Gasteiger charge is 2.57. The van der Waals surface area contributed by atoms with Crippen LogP contribution in [0.4, 0.5) is 5.69 Å². The molecule has 4 unspecified atom stereocenters. The lowest BCUT2D eigenvalue weighted by Gasteiger charge is -2.42. The van der Waals surface area contributed by atoms with E-state index in [-0.39, 0.29) is 45.8 Å². The topological polar surface area (TPSA) is 101 Å². The molecule has 1 heterocycles. The Morgan fingerprint density at radius 2 is 1.77 bits per heavy atom. The van der Waals surface area contributed by atoms with Gasteiger partial charge in [0.05, 0.1) is 29.1 Å². The first-order chi connectivity index (χ1) is 18.8. The molecule has 0 radical (unpaired) electrons. The molecule has 1 fully saturated rings. The Bertz CT molecular complexity index is 1550. The molecule has 0 aromatic heterocycles. The van der Waals surface area contributed by atoms with Gasteiger partial charge < -0.3 is 9.84 Å². The molecule has 3 aliphatic carbocycles. The number of ether oxygens (including phenoxy) is 1. The van der Waals surface area contributed by atoms with Gasteiger partial charge in [-0.3, -0.25) is 24.1 Å². The molecule has 2 amide bonds. The summed E-state index contributed by atoms with van der Waals surface area (Å²) < 4.78 is 5.49. The number of hydrogen-bond donors (Lipinski definition) is 1. The molecule has 8 heteroatoms. The van der Waals surface area contributed by atoms with Crippen LogP contribution in [-0.2, 0) is 25.6 Å². The smallest absolute Gasteiger partial charge is 0.238 e. The van der Waals surface area contributed by atoms with Crippen molar-refractivity contribution in [3.05, 3.63) is 86.9 Å². The van der Waals surface area contributed by atoms with Crippen molar-refractivity contribution in [3.63, 3.8) is 0 Å². The number of carbonyl (C=O) groups excluding carboxylic acids is 4. The molecule has 39 heavy (non-hydrogen) atoms. The molecule has 2 aromatic rings. The number of aryl methyl sites for hydroxylation is 1. The van der Waals surface area contributed by atoms with Crippen molar-refractivity contribution in [2.75, 3.05) is 12.0 Å². The number of Topliss-reactive ketones (excluding diaryl/α,β-unsaturated/α-hetero) is 1. The number of allylic oxidation sites excluding steroid dienone is 6. The van der Waals surface area contributed by atoms with Gasteiger partial charge in [0.25, 0.3) is 0 Å². The average Bonchev–Trinajstić information content (AvgIpc) is 3.20. The summed E-state index contributed by atoms with van der Waals surface area (Å²) >= 11 is 3.23. The summed E-state index contributed by atoms with van der Waals surface area (Å²) in [5.74, 6) is -3.55. The highest BCUT2D eigenvalue weighted by molar-refractivity contribution is 9.12. The van der Waals surface area contributed by atoms with E-state index < -0.39 is 23.7 Å². The second kappa shape index (κ2) is 9.45. The van der Waals surface area contributed by atoms with Gasteiger partial charge in [-0.2, -0.15) is 0 Å². The lowest BCUT2D eigenvalue weighted by Crippen LogP contribution is -2.39. The summed E-state index contributed by atoms with van der Waals surface area (Å²) in [5.41, 5.74) is 3.45. The van der Waals surface area contributed by atoms with Crippen LogP contribution in [0.3, 0.4) is 0 Å². The molecule has 2 aromatic carbocycles. The first-order valence-electron chi connectivity index (χ1n) is 13.0. The van der Waals surface area contributed by atoms with E-state index in [1.165, 1.54) is 18.1 Å². The number of halogens is 1. The number of benzene rings is 2. The van der Waals surface area contributed by atoms with Gasteiger partial charge in [-0.1, -0.05) is 42.8 Å². The van der Waals surface area contributed by atoms with Gasteiger partial charge >= 0.3 is 0 Å². The molecule has 4 atom stereocenters. The number of rotatable bonds is 4. The first kappa shape index (κ1) is 25.5. The number of aromatic hydroxyl groups is 1. The molecular weight excluding hydrogens is 562 g/mol. The minimum atomic E-state index is -0.746. The van der Waals surface area contributed by atoms with Crippen molar-refractivity contribution in [1.82, 2.24) is 0 Å². The molecule has 0 saturated carbocycles. The van der Waals surface area contributed by atoms with Crippen LogP contribution in [0.2, 0.25) is 0 Å². The third kappa shape index (κ3) is 3.76. The summed E-state index contributed by atoms with van der Waals surface area (Å²) in [6, 6.07) is 12.5. The Labute approximate surface area is 234 Å². The zero-order valence-electron chi connectivity index (χ0n) is 21.4. The predicted molar refractivity (Wildman–Crippen MR) is 148 cm³/mol. The van der Waals surface area contributed by atoms with E-state index in [1.54, 1.807) is 30.3 Å².